The smallest absolute Gasteiger partial charge is 0.214 e. The van der Waals surface area contributed by atoms with Crippen LogP contribution in [-0.2, 0) is 21.2 Å². The molecule has 1 aliphatic heterocycles. The van der Waals surface area contributed by atoms with Crippen molar-refractivity contribution in [2.24, 2.45) is 0 Å². The van der Waals surface area contributed by atoms with Gasteiger partial charge in [0.05, 0.1) is 18.0 Å². The molecule has 0 amide bonds. The molecule has 1 fully saturated rings. The lowest BCUT2D eigenvalue weighted by atomic mass is 10.1. The zero-order valence-corrected chi connectivity index (χ0v) is 13.2. The first-order valence-corrected chi connectivity index (χ1v) is 8.99. The van der Waals surface area contributed by atoms with Crippen LogP contribution in [0.1, 0.15) is 18.4 Å². The third-order valence-corrected chi connectivity index (χ3v) is 4.98. The van der Waals surface area contributed by atoms with E-state index in [1.54, 1.807) is 18.2 Å². The van der Waals surface area contributed by atoms with Gasteiger partial charge in [0.1, 0.15) is 0 Å². The number of rotatable bonds is 7. The summed E-state index contributed by atoms with van der Waals surface area (Å²) in [4.78, 5) is 0. The van der Waals surface area contributed by atoms with Crippen molar-refractivity contribution >= 4 is 21.6 Å². The molecule has 0 aliphatic carbocycles. The molecule has 1 aromatic carbocycles. The highest BCUT2D eigenvalue weighted by Gasteiger charge is 2.23. The molecule has 2 atom stereocenters. The SMILES string of the molecule is O=S(=O)(CC1CCCO1)NCC(O)Cc1cccc(Cl)c1. The van der Waals surface area contributed by atoms with E-state index in [-0.39, 0.29) is 18.4 Å². The summed E-state index contributed by atoms with van der Waals surface area (Å²) >= 11 is 5.87. The highest BCUT2D eigenvalue weighted by atomic mass is 35.5. The van der Waals surface area contributed by atoms with Crippen LogP contribution in [0.4, 0.5) is 0 Å². The van der Waals surface area contributed by atoms with Gasteiger partial charge >= 0.3 is 0 Å². The van der Waals surface area contributed by atoms with Gasteiger partial charge in [0, 0.05) is 18.2 Å². The summed E-state index contributed by atoms with van der Waals surface area (Å²) in [5.41, 5.74) is 0.869. The number of hydrogen-bond acceptors (Lipinski definition) is 4. The second-order valence-corrected chi connectivity index (χ2v) is 7.54. The van der Waals surface area contributed by atoms with Crippen molar-refractivity contribution in [1.82, 2.24) is 4.72 Å². The maximum Gasteiger partial charge on any atom is 0.214 e. The standard InChI is InChI=1S/C14H20ClNO4S/c15-12-4-1-3-11(7-12)8-13(17)9-16-21(18,19)10-14-5-2-6-20-14/h1,3-4,7,13-14,16-17H,2,5-6,8-10H2. The molecular formula is C14H20ClNO4S. The number of benzene rings is 1. The Morgan fingerprint density at radius 3 is 2.95 bits per heavy atom. The van der Waals surface area contributed by atoms with Gasteiger partial charge in [0.15, 0.2) is 0 Å². The van der Waals surface area contributed by atoms with Crippen LogP contribution in [-0.4, -0.2) is 44.6 Å². The number of aliphatic hydroxyl groups is 1. The summed E-state index contributed by atoms with van der Waals surface area (Å²) in [5.74, 6) is -0.0448. The maximum absolute atomic E-state index is 11.9. The number of nitrogens with one attached hydrogen (secondary N) is 1. The molecule has 0 spiro atoms. The highest BCUT2D eigenvalue weighted by molar-refractivity contribution is 7.89. The van der Waals surface area contributed by atoms with Crippen molar-refractivity contribution in [3.8, 4) is 0 Å². The van der Waals surface area contributed by atoms with Gasteiger partial charge in [0.2, 0.25) is 10.0 Å². The van der Waals surface area contributed by atoms with E-state index in [9.17, 15) is 13.5 Å². The summed E-state index contributed by atoms with van der Waals surface area (Å²) in [7, 11) is -3.42. The Bertz CT molecular complexity index is 558. The van der Waals surface area contributed by atoms with E-state index in [1.807, 2.05) is 6.07 Å². The molecule has 0 bridgehead atoms. The van der Waals surface area contributed by atoms with Crippen molar-refractivity contribution < 1.29 is 18.3 Å². The predicted octanol–water partition coefficient (Wildman–Crippen LogP) is 1.34. The minimum absolute atomic E-state index is 0.0123. The molecule has 1 heterocycles. The maximum atomic E-state index is 11.9. The lowest BCUT2D eigenvalue weighted by molar-refractivity contribution is 0.127. The lowest BCUT2D eigenvalue weighted by Crippen LogP contribution is -2.37. The van der Waals surface area contributed by atoms with Gasteiger partial charge in [-0.15, -0.1) is 0 Å². The second kappa shape index (κ2) is 7.56. The molecule has 1 aromatic rings. The molecule has 0 saturated carbocycles. The normalized spacial score (nSPS) is 20.6. The number of hydrogen-bond donors (Lipinski definition) is 2. The number of ether oxygens (including phenoxy) is 1. The van der Waals surface area contributed by atoms with E-state index in [1.165, 1.54) is 0 Å². The van der Waals surface area contributed by atoms with Crippen LogP contribution in [0, 0.1) is 0 Å². The van der Waals surface area contributed by atoms with Gasteiger partial charge < -0.3 is 9.84 Å². The minimum atomic E-state index is -3.42. The summed E-state index contributed by atoms with van der Waals surface area (Å²) in [5, 5.41) is 10.5. The van der Waals surface area contributed by atoms with E-state index in [0.29, 0.717) is 18.1 Å². The van der Waals surface area contributed by atoms with Crippen LogP contribution < -0.4 is 4.72 Å². The Kier molecular flexibility index (Phi) is 6.01. The molecule has 2 rings (SSSR count). The summed E-state index contributed by atoms with van der Waals surface area (Å²) in [6.07, 6.45) is 1.00. The van der Waals surface area contributed by atoms with Gasteiger partial charge in [-0.3, -0.25) is 0 Å². The fourth-order valence-corrected chi connectivity index (χ4v) is 3.84. The van der Waals surface area contributed by atoms with Crippen LogP contribution in [0.2, 0.25) is 5.02 Å². The summed E-state index contributed by atoms with van der Waals surface area (Å²) in [6, 6.07) is 7.15. The van der Waals surface area contributed by atoms with E-state index in [4.69, 9.17) is 16.3 Å². The van der Waals surface area contributed by atoms with Gasteiger partial charge in [-0.05, 0) is 37.0 Å². The molecule has 5 nitrogen and oxygen atoms in total. The molecule has 2 N–H and O–H groups in total. The predicted molar refractivity (Wildman–Crippen MR) is 81.9 cm³/mol. The number of halogens is 1. The highest BCUT2D eigenvalue weighted by Crippen LogP contribution is 2.14. The fraction of sp³-hybridized carbons (Fsp3) is 0.571. The van der Waals surface area contributed by atoms with Crippen molar-refractivity contribution in [2.75, 3.05) is 18.9 Å². The average Bonchev–Trinajstić information content (AvgIpc) is 2.89. The van der Waals surface area contributed by atoms with Crippen molar-refractivity contribution in [3.63, 3.8) is 0 Å². The van der Waals surface area contributed by atoms with E-state index in [0.717, 1.165) is 18.4 Å². The van der Waals surface area contributed by atoms with E-state index >= 15 is 0 Å². The van der Waals surface area contributed by atoms with E-state index in [2.05, 4.69) is 4.72 Å². The molecule has 0 aromatic heterocycles. The largest absolute Gasteiger partial charge is 0.391 e. The van der Waals surface area contributed by atoms with Crippen LogP contribution in [0.5, 0.6) is 0 Å². The Labute approximate surface area is 130 Å². The Morgan fingerprint density at radius 1 is 1.48 bits per heavy atom. The Hall–Kier alpha value is -0.660. The first kappa shape index (κ1) is 16.7. The first-order chi connectivity index (χ1) is 9.94. The van der Waals surface area contributed by atoms with Crippen LogP contribution in [0.15, 0.2) is 24.3 Å². The van der Waals surface area contributed by atoms with Gasteiger partial charge in [-0.25, -0.2) is 13.1 Å². The second-order valence-electron chi connectivity index (χ2n) is 5.25. The molecule has 7 heteroatoms. The lowest BCUT2D eigenvalue weighted by Gasteiger charge is -2.14. The third kappa shape index (κ3) is 5.92. The molecule has 118 valence electrons. The first-order valence-electron chi connectivity index (χ1n) is 6.96. The fourth-order valence-electron chi connectivity index (χ4n) is 2.31. The van der Waals surface area contributed by atoms with Crippen molar-refractivity contribution in [1.29, 1.82) is 0 Å². The van der Waals surface area contributed by atoms with Crippen molar-refractivity contribution in [2.45, 2.75) is 31.5 Å². The Morgan fingerprint density at radius 2 is 2.29 bits per heavy atom. The zero-order valence-electron chi connectivity index (χ0n) is 11.7. The topological polar surface area (TPSA) is 75.6 Å². The van der Waals surface area contributed by atoms with Crippen LogP contribution in [0.3, 0.4) is 0 Å². The van der Waals surface area contributed by atoms with Gasteiger partial charge in [-0.2, -0.15) is 0 Å². The summed E-state index contributed by atoms with van der Waals surface area (Å²) < 4.78 is 31.5. The average molecular weight is 334 g/mol. The molecule has 1 aliphatic rings. The Balaban J connectivity index is 1.78. The molecule has 0 radical (unpaired) electrons. The van der Waals surface area contributed by atoms with E-state index < -0.39 is 16.1 Å². The number of aliphatic hydroxyl groups excluding tert-OH is 1. The molecule has 21 heavy (non-hydrogen) atoms. The minimum Gasteiger partial charge on any atom is -0.391 e. The molecule has 2 unspecified atom stereocenters. The third-order valence-electron chi connectivity index (χ3n) is 3.33. The zero-order chi connectivity index (χ0) is 15.3. The van der Waals surface area contributed by atoms with Crippen LogP contribution >= 0.6 is 11.6 Å². The van der Waals surface area contributed by atoms with Gasteiger partial charge in [0.25, 0.3) is 0 Å². The summed E-state index contributed by atoms with van der Waals surface area (Å²) in [6.45, 7) is 0.610. The molecular weight excluding hydrogens is 314 g/mol. The quantitative estimate of drug-likeness (QED) is 0.789. The number of sulfonamides is 1. The van der Waals surface area contributed by atoms with Crippen LogP contribution in [0.25, 0.3) is 0 Å². The van der Waals surface area contributed by atoms with Crippen molar-refractivity contribution in [3.05, 3.63) is 34.9 Å². The monoisotopic (exact) mass is 333 g/mol. The van der Waals surface area contributed by atoms with Gasteiger partial charge in [-0.1, -0.05) is 23.7 Å². The molecule has 1 saturated heterocycles.